The van der Waals surface area contributed by atoms with Crippen molar-refractivity contribution in [2.75, 3.05) is 49.2 Å². The standard InChI is InChI=1S/C20H26FN3O6/c21-16-11-14(5-6-17(16)23-7-9-29-10-8-23)24-13-15(30-20(24)28)12-22-18(25)3-1-2-4-19(26)27/h5-6,11,15H,1-4,7-10,12-13H2,(H,22,25)(H,26,27)/t15-/m0/s1. The van der Waals surface area contributed by atoms with Gasteiger partial charge in [-0.2, -0.15) is 0 Å². The Kier molecular flexibility index (Phi) is 7.45. The first kappa shape index (κ1) is 21.8. The molecule has 164 valence electrons. The highest BCUT2D eigenvalue weighted by atomic mass is 19.1. The lowest BCUT2D eigenvalue weighted by Crippen LogP contribution is -2.37. The van der Waals surface area contributed by atoms with Gasteiger partial charge in [-0.15, -0.1) is 0 Å². The SMILES string of the molecule is O=C(O)CCCCC(=O)NC[C@H]1CN(c2ccc(N3CCOCC3)c(F)c2)C(=O)O1. The van der Waals surface area contributed by atoms with Crippen LogP contribution in [0.15, 0.2) is 18.2 Å². The van der Waals surface area contributed by atoms with E-state index in [2.05, 4.69) is 5.32 Å². The number of unbranched alkanes of at least 4 members (excludes halogenated alkanes) is 1. The third-order valence-electron chi connectivity index (χ3n) is 5.04. The first-order chi connectivity index (χ1) is 14.4. The van der Waals surface area contributed by atoms with E-state index in [4.69, 9.17) is 14.6 Å². The van der Waals surface area contributed by atoms with E-state index < -0.39 is 24.0 Å². The molecular formula is C20H26FN3O6. The van der Waals surface area contributed by atoms with Crippen LogP contribution in [0.5, 0.6) is 0 Å². The van der Waals surface area contributed by atoms with Crippen molar-refractivity contribution < 1.29 is 33.4 Å². The van der Waals surface area contributed by atoms with Gasteiger partial charge in [-0.3, -0.25) is 14.5 Å². The van der Waals surface area contributed by atoms with Crippen LogP contribution < -0.4 is 15.1 Å². The van der Waals surface area contributed by atoms with Gasteiger partial charge in [0, 0.05) is 25.9 Å². The van der Waals surface area contributed by atoms with Crippen molar-refractivity contribution in [3.05, 3.63) is 24.0 Å². The van der Waals surface area contributed by atoms with E-state index in [1.165, 1.54) is 11.0 Å². The molecule has 0 aromatic heterocycles. The third-order valence-corrected chi connectivity index (χ3v) is 5.04. The summed E-state index contributed by atoms with van der Waals surface area (Å²) in [5.74, 6) is -1.53. The van der Waals surface area contributed by atoms with Crippen LogP contribution in [0, 0.1) is 5.82 Å². The second kappa shape index (κ2) is 10.2. The Labute approximate surface area is 173 Å². The predicted molar refractivity (Wildman–Crippen MR) is 106 cm³/mol. The molecule has 1 atom stereocenters. The summed E-state index contributed by atoms with van der Waals surface area (Å²) in [5, 5.41) is 11.3. The van der Waals surface area contributed by atoms with Gasteiger partial charge in [0.15, 0.2) is 0 Å². The van der Waals surface area contributed by atoms with Crippen LogP contribution in [0.25, 0.3) is 0 Å². The van der Waals surface area contributed by atoms with E-state index in [0.717, 1.165) is 0 Å². The molecule has 2 aliphatic heterocycles. The number of carboxylic acid groups (broad SMARTS) is 1. The number of benzene rings is 1. The summed E-state index contributed by atoms with van der Waals surface area (Å²) >= 11 is 0. The summed E-state index contributed by atoms with van der Waals surface area (Å²) in [6, 6.07) is 4.64. The van der Waals surface area contributed by atoms with Crippen molar-refractivity contribution in [3.63, 3.8) is 0 Å². The Bertz CT molecular complexity index is 784. The second-order valence-corrected chi connectivity index (χ2v) is 7.26. The topological polar surface area (TPSA) is 108 Å². The highest BCUT2D eigenvalue weighted by Crippen LogP contribution is 2.28. The van der Waals surface area contributed by atoms with Crippen molar-refractivity contribution in [2.45, 2.75) is 31.8 Å². The quantitative estimate of drug-likeness (QED) is 0.583. The van der Waals surface area contributed by atoms with Crippen LogP contribution in [-0.4, -0.2) is 68.6 Å². The largest absolute Gasteiger partial charge is 0.481 e. The number of rotatable bonds is 9. The van der Waals surface area contributed by atoms with E-state index in [-0.39, 0.29) is 31.8 Å². The number of halogens is 1. The molecule has 0 unspecified atom stereocenters. The fourth-order valence-electron chi connectivity index (χ4n) is 3.44. The molecule has 0 saturated carbocycles. The van der Waals surface area contributed by atoms with Gasteiger partial charge >= 0.3 is 12.1 Å². The fraction of sp³-hybridized carbons (Fsp3) is 0.550. The van der Waals surface area contributed by atoms with Gasteiger partial charge in [0.25, 0.3) is 0 Å². The number of carbonyl (C=O) groups excluding carboxylic acids is 2. The zero-order valence-corrected chi connectivity index (χ0v) is 16.6. The monoisotopic (exact) mass is 423 g/mol. The molecule has 2 N–H and O–H groups in total. The lowest BCUT2D eigenvalue weighted by Gasteiger charge is -2.29. The van der Waals surface area contributed by atoms with Gasteiger partial charge in [-0.05, 0) is 31.0 Å². The van der Waals surface area contributed by atoms with Gasteiger partial charge in [-0.1, -0.05) is 0 Å². The number of amides is 2. The number of morpholine rings is 1. The van der Waals surface area contributed by atoms with Gasteiger partial charge in [0.05, 0.1) is 37.7 Å². The Balaban J connectivity index is 1.48. The lowest BCUT2D eigenvalue weighted by molar-refractivity contribution is -0.137. The zero-order chi connectivity index (χ0) is 21.5. The minimum atomic E-state index is -0.886. The van der Waals surface area contributed by atoms with Crippen LogP contribution in [0.2, 0.25) is 0 Å². The number of ether oxygens (including phenoxy) is 2. The average molecular weight is 423 g/mol. The highest BCUT2D eigenvalue weighted by Gasteiger charge is 2.33. The number of nitrogens with one attached hydrogen (secondary N) is 1. The summed E-state index contributed by atoms with van der Waals surface area (Å²) in [6.07, 6.45) is 0.0244. The maximum absolute atomic E-state index is 14.6. The lowest BCUT2D eigenvalue weighted by atomic mass is 10.2. The van der Waals surface area contributed by atoms with Crippen molar-refractivity contribution in [1.29, 1.82) is 0 Å². The Hall–Kier alpha value is -2.88. The van der Waals surface area contributed by atoms with Crippen molar-refractivity contribution >= 4 is 29.3 Å². The van der Waals surface area contributed by atoms with E-state index in [9.17, 15) is 18.8 Å². The molecule has 0 spiro atoms. The number of aliphatic carboxylic acids is 1. The summed E-state index contributed by atoms with van der Waals surface area (Å²) < 4.78 is 25.2. The van der Waals surface area contributed by atoms with Crippen LogP contribution in [0.1, 0.15) is 25.7 Å². The molecule has 2 heterocycles. The summed E-state index contributed by atoms with van der Waals surface area (Å²) in [4.78, 5) is 37.7. The zero-order valence-electron chi connectivity index (χ0n) is 16.6. The van der Waals surface area contributed by atoms with E-state index in [0.29, 0.717) is 50.5 Å². The number of anilines is 2. The smallest absolute Gasteiger partial charge is 0.414 e. The molecule has 3 rings (SSSR count). The number of carbonyl (C=O) groups is 3. The molecule has 10 heteroatoms. The average Bonchev–Trinajstić information content (AvgIpc) is 3.10. The van der Waals surface area contributed by atoms with Gasteiger partial charge in [-0.25, -0.2) is 9.18 Å². The van der Waals surface area contributed by atoms with Gasteiger partial charge in [0.1, 0.15) is 11.9 Å². The number of carboxylic acids is 1. The highest BCUT2D eigenvalue weighted by molar-refractivity contribution is 5.90. The van der Waals surface area contributed by atoms with E-state index >= 15 is 0 Å². The molecule has 0 radical (unpaired) electrons. The molecule has 2 saturated heterocycles. The molecular weight excluding hydrogens is 397 g/mol. The number of hydrogen-bond acceptors (Lipinski definition) is 6. The van der Waals surface area contributed by atoms with Crippen molar-refractivity contribution in [3.8, 4) is 0 Å². The maximum atomic E-state index is 14.6. The minimum absolute atomic E-state index is 0.0311. The van der Waals surface area contributed by atoms with Crippen LogP contribution in [0.4, 0.5) is 20.6 Å². The van der Waals surface area contributed by atoms with E-state index in [1.54, 1.807) is 12.1 Å². The number of nitrogens with zero attached hydrogens (tertiary/aromatic N) is 2. The molecule has 2 aliphatic rings. The molecule has 0 bridgehead atoms. The Morgan fingerprint density at radius 3 is 2.63 bits per heavy atom. The predicted octanol–water partition coefficient (Wildman–Crippen LogP) is 1.75. The summed E-state index contributed by atoms with van der Waals surface area (Å²) in [6.45, 7) is 2.67. The Morgan fingerprint density at radius 2 is 1.93 bits per heavy atom. The Morgan fingerprint density at radius 1 is 1.20 bits per heavy atom. The number of hydrogen-bond donors (Lipinski definition) is 2. The van der Waals surface area contributed by atoms with Crippen LogP contribution in [-0.2, 0) is 19.1 Å². The van der Waals surface area contributed by atoms with Gasteiger partial charge in [0.2, 0.25) is 5.91 Å². The third kappa shape index (κ3) is 5.82. The van der Waals surface area contributed by atoms with Gasteiger partial charge < -0.3 is 24.8 Å². The van der Waals surface area contributed by atoms with Crippen LogP contribution in [0.3, 0.4) is 0 Å². The van der Waals surface area contributed by atoms with Crippen molar-refractivity contribution in [2.24, 2.45) is 0 Å². The fourth-order valence-corrected chi connectivity index (χ4v) is 3.44. The molecule has 30 heavy (non-hydrogen) atoms. The van der Waals surface area contributed by atoms with E-state index in [1.807, 2.05) is 4.90 Å². The molecule has 1 aromatic rings. The molecule has 0 aliphatic carbocycles. The first-order valence-corrected chi connectivity index (χ1v) is 10.0. The molecule has 9 nitrogen and oxygen atoms in total. The van der Waals surface area contributed by atoms with Crippen molar-refractivity contribution in [1.82, 2.24) is 5.32 Å². The normalized spacial score (nSPS) is 19.0. The minimum Gasteiger partial charge on any atom is -0.481 e. The molecule has 2 amide bonds. The maximum Gasteiger partial charge on any atom is 0.414 e. The molecule has 1 aromatic carbocycles. The second-order valence-electron chi connectivity index (χ2n) is 7.26. The summed E-state index contributed by atoms with van der Waals surface area (Å²) in [5.41, 5.74) is 0.873. The summed E-state index contributed by atoms with van der Waals surface area (Å²) in [7, 11) is 0. The first-order valence-electron chi connectivity index (χ1n) is 10.0. The molecule has 2 fully saturated rings. The number of cyclic esters (lactones) is 1. The van der Waals surface area contributed by atoms with Crippen LogP contribution >= 0.6 is 0 Å².